The lowest BCUT2D eigenvalue weighted by Gasteiger charge is -2.11. The first-order valence-corrected chi connectivity index (χ1v) is 10.5. The van der Waals surface area contributed by atoms with Gasteiger partial charge in [-0.3, -0.25) is 0 Å². The first-order valence-electron chi connectivity index (χ1n) is 10.5. The van der Waals surface area contributed by atoms with Crippen LogP contribution < -0.4 is 9.47 Å². The van der Waals surface area contributed by atoms with Crippen LogP contribution in [0, 0.1) is 6.92 Å². The largest absolute Gasteiger partial charge is 0.463 e. The number of aryl methyl sites for hydroxylation is 1. The van der Waals surface area contributed by atoms with E-state index >= 15 is 0 Å². The second kappa shape index (κ2) is 10.3. The second-order valence-electron chi connectivity index (χ2n) is 7.56. The van der Waals surface area contributed by atoms with Gasteiger partial charge in [0, 0.05) is 37.1 Å². The maximum atomic E-state index is 12.9. The highest BCUT2D eigenvalue weighted by Gasteiger charge is 2.30. The Kier molecular flexibility index (Phi) is 7.01. The minimum absolute atomic E-state index is 0.127. The summed E-state index contributed by atoms with van der Waals surface area (Å²) in [5.41, 5.74) is 3.00. The van der Waals surface area contributed by atoms with Crippen molar-refractivity contribution in [3.05, 3.63) is 101 Å². The molecule has 4 rings (SSSR count). The molecule has 0 aliphatic heterocycles. The van der Waals surface area contributed by atoms with E-state index < -0.39 is 11.7 Å². The van der Waals surface area contributed by atoms with Crippen LogP contribution in [0.4, 0.5) is 13.2 Å². The van der Waals surface area contributed by atoms with Gasteiger partial charge in [-0.25, -0.2) is 19.9 Å². The van der Waals surface area contributed by atoms with E-state index in [0.29, 0.717) is 31.2 Å². The molecule has 9 heteroatoms. The van der Waals surface area contributed by atoms with Crippen molar-refractivity contribution < 1.29 is 22.6 Å². The van der Waals surface area contributed by atoms with Gasteiger partial charge in [-0.05, 0) is 53.9 Å². The Balaban J connectivity index is 1.29. The van der Waals surface area contributed by atoms with Gasteiger partial charge in [-0.15, -0.1) is 0 Å². The van der Waals surface area contributed by atoms with E-state index in [1.165, 1.54) is 18.5 Å². The van der Waals surface area contributed by atoms with Gasteiger partial charge in [0.15, 0.2) is 0 Å². The zero-order valence-electron chi connectivity index (χ0n) is 18.3. The van der Waals surface area contributed by atoms with Gasteiger partial charge in [0.1, 0.15) is 17.8 Å². The molecule has 0 N–H and O–H groups in total. The van der Waals surface area contributed by atoms with E-state index in [4.69, 9.17) is 9.47 Å². The quantitative estimate of drug-likeness (QED) is 0.337. The SMILES string of the molecule is Cc1nc(OCCc2ccc(Oc3cccc(C(F)(F)F)c3)cc2)ncc1Cc1cncnc1. The second-order valence-corrected chi connectivity index (χ2v) is 7.56. The van der Waals surface area contributed by atoms with E-state index in [9.17, 15) is 13.2 Å². The van der Waals surface area contributed by atoms with Crippen molar-refractivity contribution in [2.24, 2.45) is 0 Å². The van der Waals surface area contributed by atoms with Gasteiger partial charge in [-0.2, -0.15) is 13.2 Å². The lowest BCUT2D eigenvalue weighted by Crippen LogP contribution is -2.06. The number of benzene rings is 2. The van der Waals surface area contributed by atoms with Crippen molar-refractivity contribution in [2.75, 3.05) is 6.61 Å². The fourth-order valence-electron chi connectivity index (χ4n) is 3.21. The fraction of sp³-hybridized carbons (Fsp3) is 0.200. The van der Waals surface area contributed by atoms with Crippen LogP contribution in [0.5, 0.6) is 17.5 Å². The van der Waals surface area contributed by atoms with Crippen LogP contribution in [-0.2, 0) is 19.0 Å². The summed E-state index contributed by atoms with van der Waals surface area (Å²) in [5, 5.41) is 0. The average Bonchev–Trinajstić information content (AvgIpc) is 2.82. The lowest BCUT2D eigenvalue weighted by atomic mass is 10.1. The van der Waals surface area contributed by atoms with Gasteiger partial charge in [0.25, 0.3) is 0 Å². The molecule has 34 heavy (non-hydrogen) atoms. The Morgan fingerprint density at radius 2 is 1.65 bits per heavy atom. The molecule has 0 unspecified atom stereocenters. The molecular weight excluding hydrogens is 445 g/mol. The molecule has 174 valence electrons. The highest BCUT2D eigenvalue weighted by atomic mass is 19.4. The number of rotatable bonds is 8. The van der Waals surface area contributed by atoms with Crippen molar-refractivity contribution in [3.8, 4) is 17.5 Å². The van der Waals surface area contributed by atoms with Crippen LogP contribution in [0.25, 0.3) is 0 Å². The number of hydrogen-bond acceptors (Lipinski definition) is 6. The molecule has 2 aromatic carbocycles. The molecule has 0 fully saturated rings. The molecule has 0 bridgehead atoms. The summed E-state index contributed by atoms with van der Waals surface area (Å²) in [6, 6.07) is 12.2. The average molecular weight is 466 g/mol. The van der Waals surface area contributed by atoms with Crippen molar-refractivity contribution >= 4 is 0 Å². The minimum Gasteiger partial charge on any atom is -0.463 e. The normalized spacial score (nSPS) is 11.3. The van der Waals surface area contributed by atoms with Crippen LogP contribution in [0.1, 0.15) is 27.9 Å². The van der Waals surface area contributed by atoms with Crippen LogP contribution >= 0.6 is 0 Å². The smallest absolute Gasteiger partial charge is 0.416 e. The Bertz CT molecular complexity index is 1230. The molecule has 0 amide bonds. The molecule has 2 heterocycles. The van der Waals surface area contributed by atoms with Gasteiger partial charge in [0.05, 0.1) is 12.2 Å². The molecule has 0 radical (unpaired) electrons. The topological polar surface area (TPSA) is 70.0 Å². The first-order chi connectivity index (χ1) is 16.4. The van der Waals surface area contributed by atoms with Crippen molar-refractivity contribution in [1.29, 1.82) is 0 Å². The zero-order valence-corrected chi connectivity index (χ0v) is 18.3. The van der Waals surface area contributed by atoms with Crippen molar-refractivity contribution in [3.63, 3.8) is 0 Å². The number of halogens is 3. The first kappa shape index (κ1) is 23.2. The molecule has 0 spiro atoms. The molecule has 0 aliphatic rings. The van der Waals surface area contributed by atoms with E-state index in [2.05, 4.69) is 19.9 Å². The van der Waals surface area contributed by atoms with Crippen molar-refractivity contribution in [1.82, 2.24) is 19.9 Å². The maximum absolute atomic E-state index is 12.9. The highest BCUT2D eigenvalue weighted by molar-refractivity contribution is 5.36. The molecule has 6 nitrogen and oxygen atoms in total. The van der Waals surface area contributed by atoms with Crippen LogP contribution in [-0.4, -0.2) is 26.5 Å². The molecule has 0 saturated carbocycles. The molecule has 4 aromatic rings. The summed E-state index contributed by atoms with van der Waals surface area (Å²) >= 11 is 0. The third-order valence-electron chi connectivity index (χ3n) is 5.01. The standard InChI is InChI=1S/C25H21F3N4O2/c1-17-20(11-19-13-29-16-30-14-19)15-31-24(32-17)33-10-9-18-5-7-22(8-6-18)34-23-4-2-3-21(12-23)25(26,27)28/h2-8,12-16H,9-11H2,1H3. The van der Waals surface area contributed by atoms with E-state index in [-0.39, 0.29) is 5.75 Å². The van der Waals surface area contributed by atoms with Crippen LogP contribution in [0.2, 0.25) is 0 Å². The minimum atomic E-state index is -4.41. The third kappa shape index (κ3) is 6.28. The Labute approximate surface area is 194 Å². The fourth-order valence-corrected chi connectivity index (χ4v) is 3.21. The summed E-state index contributed by atoms with van der Waals surface area (Å²) < 4.78 is 49.8. The van der Waals surface area contributed by atoms with Crippen LogP contribution in [0.3, 0.4) is 0 Å². The third-order valence-corrected chi connectivity index (χ3v) is 5.01. The lowest BCUT2D eigenvalue weighted by molar-refractivity contribution is -0.137. The van der Waals surface area contributed by atoms with Gasteiger partial charge in [0.2, 0.25) is 0 Å². The molecule has 0 atom stereocenters. The summed E-state index contributed by atoms with van der Waals surface area (Å²) in [7, 11) is 0. The molecule has 0 saturated heterocycles. The summed E-state index contributed by atoms with van der Waals surface area (Å²) in [4.78, 5) is 16.7. The zero-order chi connectivity index (χ0) is 24.0. The monoisotopic (exact) mass is 466 g/mol. The van der Waals surface area contributed by atoms with Crippen LogP contribution in [0.15, 0.2) is 73.4 Å². The van der Waals surface area contributed by atoms with E-state index in [0.717, 1.165) is 34.5 Å². The summed E-state index contributed by atoms with van der Waals surface area (Å²) in [6.07, 6.45) is 3.57. The van der Waals surface area contributed by atoms with Crippen molar-refractivity contribution in [2.45, 2.75) is 25.9 Å². The Hall–Kier alpha value is -4.01. The molecule has 0 aliphatic carbocycles. The summed E-state index contributed by atoms with van der Waals surface area (Å²) in [6.45, 7) is 2.27. The Morgan fingerprint density at radius 1 is 0.882 bits per heavy atom. The summed E-state index contributed by atoms with van der Waals surface area (Å²) in [5.74, 6) is 0.573. The number of ether oxygens (including phenoxy) is 2. The highest BCUT2D eigenvalue weighted by Crippen LogP contribution is 2.32. The number of alkyl halides is 3. The van der Waals surface area contributed by atoms with Gasteiger partial charge in [-0.1, -0.05) is 18.2 Å². The molecular formula is C25H21F3N4O2. The predicted octanol–water partition coefficient (Wildman–Crippen LogP) is 5.60. The van der Waals surface area contributed by atoms with Gasteiger partial charge >= 0.3 is 12.2 Å². The van der Waals surface area contributed by atoms with E-state index in [1.54, 1.807) is 30.7 Å². The number of nitrogens with zero attached hydrogens (tertiary/aromatic N) is 4. The number of aromatic nitrogens is 4. The van der Waals surface area contributed by atoms with Gasteiger partial charge < -0.3 is 9.47 Å². The maximum Gasteiger partial charge on any atom is 0.416 e. The molecule has 2 aromatic heterocycles. The predicted molar refractivity (Wildman–Crippen MR) is 119 cm³/mol. The Morgan fingerprint density at radius 3 is 2.35 bits per heavy atom. The van der Waals surface area contributed by atoms with E-state index in [1.807, 2.05) is 19.1 Å². The number of hydrogen-bond donors (Lipinski definition) is 0.